The van der Waals surface area contributed by atoms with Gasteiger partial charge in [0.1, 0.15) is 5.75 Å². The van der Waals surface area contributed by atoms with E-state index in [4.69, 9.17) is 4.74 Å². The average Bonchev–Trinajstić information content (AvgIpc) is 3.06. The maximum absolute atomic E-state index is 12.3. The molecule has 142 valence electrons. The number of piperidine rings is 1. The summed E-state index contributed by atoms with van der Waals surface area (Å²) in [5, 5.41) is 3.29. The van der Waals surface area contributed by atoms with Gasteiger partial charge in [0.2, 0.25) is 0 Å². The minimum Gasteiger partial charge on any atom is -0.496 e. The van der Waals surface area contributed by atoms with E-state index in [1.165, 1.54) is 24.0 Å². The molecule has 1 fully saturated rings. The molecule has 4 rings (SSSR count). The predicted octanol–water partition coefficient (Wildman–Crippen LogP) is 3.38. The summed E-state index contributed by atoms with van der Waals surface area (Å²) in [6.45, 7) is 5.81. The maximum Gasteiger partial charge on any atom is 0.272 e. The van der Waals surface area contributed by atoms with Crippen LogP contribution in [0.2, 0.25) is 0 Å². The molecule has 0 aliphatic carbocycles. The van der Waals surface area contributed by atoms with Gasteiger partial charge in [-0.3, -0.25) is 14.8 Å². The number of nitrogens with one attached hydrogen (secondary N) is 1. The summed E-state index contributed by atoms with van der Waals surface area (Å²) in [6, 6.07) is 10.1. The Balaban J connectivity index is 1.68. The van der Waals surface area contributed by atoms with Crippen LogP contribution in [0.4, 0.5) is 0 Å². The molecular weight excluding hydrogens is 340 g/mol. The lowest BCUT2D eigenvalue weighted by Crippen LogP contribution is -2.33. The molecule has 1 aliphatic heterocycles. The number of nitrogens with zero attached hydrogens (tertiary/aromatic N) is 3. The van der Waals surface area contributed by atoms with E-state index < -0.39 is 0 Å². The van der Waals surface area contributed by atoms with Crippen molar-refractivity contribution in [1.82, 2.24) is 19.5 Å². The largest absolute Gasteiger partial charge is 0.496 e. The SMILES string of the molecule is COc1ccc(C)cc1CN1CCCCC1c1cc2nc(C)cc(=O)n2[nH]1. The predicted molar refractivity (Wildman–Crippen MR) is 105 cm³/mol. The first-order chi connectivity index (χ1) is 13.0. The van der Waals surface area contributed by atoms with Crippen LogP contribution in [-0.4, -0.2) is 33.2 Å². The second kappa shape index (κ2) is 7.19. The first-order valence-corrected chi connectivity index (χ1v) is 9.52. The minimum atomic E-state index is -0.0635. The molecule has 27 heavy (non-hydrogen) atoms. The number of hydrogen-bond acceptors (Lipinski definition) is 4. The van der Waals surface area contributed by atoms with Gasteiger partial charge in [-0.25, -0.2) is 9.50 Å². The van der Waals surface area contributed by atoms with E-state index >= 15 is 0 Å². The topological polar surface area (TPSA) is 62.6 Å². The standard InChI is InChI=1S/C21H26N4O2/c1-14-7-8-19(27-3)16(10-14)13-24-9-5-4-6-18(24)17-12-20-22-15(2)11-21(26)25(20)23-17/h7-8,10-12,18,23H,4-6,9,13H2,1-3H3. The average molecular weight is 366 g/mol. The van der Waals surface area contributed by atoms with Crippen LogP contribution in [-0.2, 0) is 6.54 Å². The number of aryl methyl sites for hydroxylation is 2. The highest BCUT2D eigenvalue weighted by Gasteiger charge is 2.26. The molecule has 0 saturated carbocycles. The fourth-order valence-corrected chi connectivity index (χ4v) is 4.08. The van der Waals surface area contributed by atoms with Gasteiger partial charge in [-0.15, -0.1) is 0 Å². The van der Waals surface area contributed by atoms with Gasteiger partial charge in [0.25, 0.3) is 5.56 Å². The molecule has 0 radical (unpaired) electrons. The first-order valence-electron chi connectivity index (χ1n) is 9.52. The summed E-state index contributed by atoms with van der Waals surface area (Å²) >= 11 is 0. The van der Waals surface area contributed by atoms with Gasteiger partial charge >= 0.3 is 0 Å². The van der Waals surface area contributed by atoms with Crippen molar-refractivity contribution in [3.8, 4) is 5.75 Å². The summed E-state index contributed by atoms with van der Waals surface area (Å²) in [5.41, 5.74) is 4.86. The van der Waals surface area contributed by atoms with Gasteiger partial charge in [-0.1, -0.05) is 24.1 Å². The van der Waals surface area contributed by atoms with Crippen molar-refractivity contribution in [2.75, 3.05) is 13.7 Å². The molecule has 1 unspecified atom stereocenters. The number of ether oxygens (including phenoxy) is 1. The zero-order valence-electron chi connectivity index (χ0n) is 16.2. The second-order valence-corrected chi connectivity index (χ2v) is 7.44. The van der Waals surface area contributed by atoms with Crippen LogP contribution in [0.15, 0.2) is 35.1 Å². The lowest BCUT2D eigenvalue weighted by Gasteiger charge is -2.35. The van der Waals surface area contributed by atoms with Crippen molar-refractivity contribution >= 4 is 5.65 Å². The van der Waals surface area contributed by atoms with Crippen LogP contribution in [0.25, 0.3) is 5.65 Å². The fraction of sp³-hybridized carbons (Fsp3) is 0.429. The highest BCUT2D eigenvalue weighted by molar-refractivity contribution is 5.41. The van der Waals surface area contributed by atoms with E-state index in [9.17, 15) is 4.79 Å². The number of benzene rings is 1. The molecular formula is C21H26N4O2. The third-order valence-electron chi connectivity index (χ3n) is 5.38. The summed E-state index contributed by atoms with van der Waals surface area (Å²) in [5.74, 6) is 0.926. The van der Waals surface area contributed by atoms with E-state index in [2.05, 4.69) is 34.0 Å². The van der Waals surface area contributed by atoms with Crippen LogP contribution >= 0.6 is 0 Å². The zero-order valence-corrected chi connectivity index (χ0v) is 16.2. The number of H-pyrrole nitrogens is 1. The molecule has 0 amide bonds. The van der Waals surface area contributed by atoms with Gasteiger partial charge in [0, 0.05) is 29.9 Å². The van der Waals surface area contributed by atoms with E-state index in [1.807, 2.05) is 19.1 Å². The molecule has 3 heterocycles. The Morgan fingerprint density at radius 3 is 2.89 bits per heavy atom. The van der Waals surface area contributed by atoms with Gasteiger partial charge in [-0.2, -0.15) is 0 Å². The summed E-state index contributed by atoms with van der Waals surface area (Å²) in [4.78, 5) is 19.2. The number of aromatic nitrogens is 3. The Morgan fingerprint density at radius 1 is 1.22 bits per heavy atom. The maximum atomic E-state index is 12.3. The van der Waals surface area contributed by atoms with Gasteiger partial charge < -0.3 is 4.74 Å². The monoisotopic (exact) mass is 366 g/mol. The number of fused-ring (bicyclic) bond motifs is 1. The fourth-order valence-electron chi connectivity index (χ4n) is 4.08. The quantitative estimate of drug-likeness (QED) is 0.769. The van der Waals surface area contributed by atoms with Crippen LogP contribution in [0, 0.1) is 13.8 Å². The lowest BCUT2D eigenvalue weighted by atomic mass is 9.98. The minimum absolute atomic E-state index is 0.0635. The number of rotatable bonds is 4. The van der Waals surface area contributed by atoms with Crippen molar-refractivity contribution in [3.05, 3.63) is 63.2 Å². The second-order valence-electron chi connectivity index (χ2n) is 7.44. The third-order valence-corrected chi connectivity index (χ3v) is 5.38. The molecule has 1 aromatic carbocycles. The number of likely N-dealkylation sites (tertiary alicyclic amines) is 1. The van der Waals surface area contributed by atoms with E-state index in [-0.39, 0.29) is 11.6 Å². The summed E-state index contributed by atoms with van der Waals surface area (Å²) < 4.78 is 7.11. The van der Waals surface area contributed by atoms with E-state index in [0.717, 1.165) is 36.6 Å². The molecule has 0 bridgehead atoms. The molecule has 1 atom stereocenters. The Kier molecular flexibility index (Phi) is 4.74. The smallest absolute Gasteiger partial charge is 0.272 e. The van der Waals surface area contributed by atoms with Crippen LogP contribution in [0.3, 0.4) is 0 Å². The Bertz CT molecular complexity index is 1020. The highest BCUT2D eigenvalue weighted by atomic mass is 16.5. The molecule has 0 spiro atoms. The summed E-state index contributed by atoms with van der Waals surface area (Å²) in [6.07, 6.45) is 3.43. The van der Waals surface area contributed by atoms with Crippen molar-refractivity contribution < 1.29 is 4.74 Å². The normalized spacial score (nSPS) is 18.1. The van der Waals surface area contributed by atoms with E-state index in [0.29, 0.717) is 5.65 Å². The van der Waals surface area contributed by atoms with Crippen molar-refractivity contribution in [2.45, 2.75) is 45.7 Å². The molecule has 6 heteroatoms. The molecule has 2 aromatic heterocycles. The molecule has 3 aromatic rings. The molecule has 1 aliphatic rings. The van der Waals surface area contributed by atoms with Crippen molar-refractivity contribution in [2.24, 2.45) is 0 Å². The Morgan fingerprint density at radius 2 is 2.07 bits per heavy atom. The number of aromatic amines is 1. The lowest BCUT2D eigenvalue weighted by molar-refractivity contribution is 0.135. The molecule has 1 saturated heterocycles. The van der Waals surface area contributed by atoms with Crippen LogP contribution in [0.5, 0.6) is 5.75 Å². The zero-order chi connectivity index (χ0) is 19.0. The van der Waals surface area contributed by atoms with E-state index in [1.54, 1.807) is 17.7 Å². The first kappa shape index (κ1) is 17.8. The Hall–Kier alpha value is -2.60. The summed E-state index contributed by atoms with van der Waals surface area (Å²) in [7, 11) is 1.72. The van der Waals surface area contributed by atoms with Gasteiger partial charge in [-0.05, 0) is 39.3 Å². The van der Waals surface area contributed by atoms with Crippen molar-refractivity contribution in [1.29, 1.82) is 0 Å². The highest BCUT2D eigenvalue weighted by Crippen LogP contribution is 2.33. The van der Waals surface area contributed by atoms with Crippen LogP contribution < -0.4 is 10.3 Å². The van der Waals surface area contributed by atoms with Gasteiger partial charge in [0.05, 0.1) is 18.8 Å². The number of methoxy groups -OCH3 is 1. The van der Waals surface area contributed by atoms with Crippen molar-refractivity contribution in [3.63, 3.8) is 0 Å². The third kappa shape index (κ3) is 3.49. The molecule has 6 nitrogen and oxygen atoms in total. The van der Waals surface area contributed by atoms with Gasteiger partial charge in [0.15, 0.2) is 5.65 Å². The Labute approximate surface area is 158 Å². The number of hydrogen-bond donors (Lipinski definition) is 1. The van der Waals surface area contributed by atoms with Crippen LogP contribution in [0.1, 0.15) is 47.8 Å². The molecule has 1 N–H and O–H groups in total.